The highest BCUT2D eigenvalue weighted by molar-refractivity contribution is 5.78. The van der Waals surface area contributed by atoms with E-state index < -0.39 is 5.97 Å². The quantitative estimate of drug-likeness (QED) is 0.686. The summed E-state index contributed by atoms with van der Waals surface area (Å²) in [5.41, 5.74) is -0.344. The first-order chi connectivity index (χ1) is 9.03. The second-order valence-corrected chi connectivity index (χ2v) is 5.33. The zero-order valence-electron chi connectivity index (χ0n) is 11.4. The van der Waals surface area contributed by atoms with E-state index in [9.17, 15) is 9.59 Å². The van der Waals surface area contributed by atoms with E-state index in [0.29, 0.717) is 19.5 Å². The van der Waals surface area contributed by atoms with Gasteiger partial charge < -0.3 is 10.0 Å². The van der Waals surface area contributed by atoms with Crippen LogP contribution < -0.4 is 0 Å². The highest BCUT2D eigenvalue weighted by Crippen LogP contribution is 2.44. The molecular weight excluding hydrogens is 242 g/mol. The first-order valence-corrected chi connectivity index (χ1v) is 6.74. The number of hydrogen-bond donors (Lipinski definition) is 1. The second kappa shape index (κ2) is 7.12. The molecule has 1 fully saturated rings. The molecule has 1 amide bonds. The van der Waals surface area contributed by atoms with E-state index in [0.717, 1.165) is 25.7 Å². The molecule has 1 aliphatic carbocycles. The van der Waals surface area contributed by atoms with Crippen LogP contribution in [0.5, 0.6) is 0 Å². The van der Waals surface area contributed by atoms with Crippen molar-refractivity contribution in [2.75, 3.05) is 13.1 Å². The van der Waals surface area contributed by atoms with Gasteiger partial charge in [0.1, 0.15) is 0 Å². The largest absolute Gasteiger partial charge is 0.481 e. The van der Waals surface area contributed by atoms with Crippen molar-refractivity contribution >= 4 is 11.9 Å². The fraction of sp³-hybridized carbons (Fsp3) is 0.600. The molecule has 1 N–H and O–H groups in total. The molecule has 0 aromatic carbocycles. The van der Waals surface area contributed by atoms with E-state index in [-0.39, 0.29) is 17.7 Å². The lowest BCUT2D eigenvalue weighted by Crippen LogP contribution is -2.36. The molecule has 0 saturated heterocycles. The standard InChI is InChI=1S/C15H23NO3/c1-3-9-16(10-4-2)13(17)11-15(12-14(18)19)7-5-6-8-15/h3-4H,1-2,5-12H2,(H,18,19). The maximum Gasteiger partial charge on any atom is 0.303 e. The Balaban J connectivity index is 2.71. The van der Waals surface area contributed by atoms with Crippen LogP contribution in [0.4, 0.5) is 0 Å². The maximum atomic E-state index is 12.3. The number of carboxylic acid groups (broad SMARTS) is 1. The summed E-state index contributed by atoms with van der Waals surface area (Å²) in [5.74, 6) is -0.809. The summed E-state index contributed by atoms with van der Waals surface area (Å²) in [5, 5.41) is 9.04. The number of amides is 1. The van der Waals surface area contributed by atoms with Gasteiger partial charge in [-0.25, -0.2) is 0 Å². The average Bonchev–Trinajstić information content (AvgIpc) is 2.76. The van der Waals surface area contributed by atoms with E-state index in [2.05, 4.69) is 13.2 Å². The Morgan fingerprint density at radius 3 is 2.05 bits per heavy atom. The van der Waals surface area contributed by atoms with Crippen LogP contribution in [0.25, 0.3) is 0 Å². The summed E-state index contributed by atoms with van der Waals surface area (Å²) < 4.78 is 0. The molecule has 0 heterocycles. The molecule has 0 spiro atoms. The van der Waals surface area contributed by atoms with Crippen LogP contribution in [0.2, 0.25) is 0 Å². The molecule has 1 aliphatic rings. The van der Waals surface area contributed by atoms with Crippen molar-refractivity contribution in [2.45, 2.75) is 38.5 Å². The first kappa shape index (κ1) is 15.5. The molecule has 1 saturated carbocycles. The van der Waals surface area contributed by atoms with Gasteiger partial charge in [0.15, 0.2) is 0 Å². The molecule has 0 aromatic rings. The topological polar surface area (TPSA) is 57.6 Å². The molecule has 0 bridgehead atoms. The van der Waals surface area contributed by atoms with E-state index in [1.807, 2.05) is 0 Å². The third-order valence-electron chi connectivity index (χ3n) is 3.77. The lowest BCUT2D eigenvalue weighted by molar-refractivity contribution is -0.141. The number of hydrogen-bond acceptors (Lipinski definition) is 2. The van der Waals surface area contributed by atoms with Crippen LogP contribution in [0.1, 0.15) is 38.5 Å². The van der Waals surface area contributed by atoms with Crippen molar-refractivity contribution < 1.29 is 14.7 Å². The average molecular weight is 265 g/mol. The first-order valence-electron chi connectivity index (χ1n) is 6.74. The Bertz CT molecular complexity index is 346. The third-order valence-corrected chi connectivity index (χ3v) is 3.77. The summed E-state index contributed by atoms with van der Waals surface area (Å²) in [6.45, 7) is 8.24. The number of carbonyl (C=O) groups excluding carboxylic acids is 1. The number of rotatable bonds is 8. The fourth-order valence-corrected chi connectivity index (χ4v) is 2.88. The van der Waals surface area contributed by atoms with Gasteiger partial charge in [-0.15, -0.1) is 13.2 Å². The minimum absolute atomic E-state index is 0.00273. The highest BCUT2D eigenvalue weighted by Gasteiger charge is 2.38. The Morgan fingerprint density at radius 2 is 1.63 bits per heavy atom. The van der Waals surface area contributed by atoms with E-state index >= 15 is 0 Å². The summed E-state index contributed by atoms with van der Waals surface area (Å²) in [4.78, 5) is 25.0. The van der Waals surface area contributed by atoms with Crippen LogP contribution >= 0.6 is 0 Å². The molecule has 19 heavy (non-hydrogen) atoms. The Kier molecular flexibility index (Phi) is 5.80. The molecule has 4 heteroatoms. The monoisotopic (exact) mass is 265 g/mol. The van der Waals surface area contributed by atoms with Gasteiger partial charge in [-0.05, 0) is 18.3 Å². The predicted molar refractivity (Wildman–Crippen MR) is 74.7 cm³/mol. The minimum Gasteiger partial charge on any atom is -0.481 e. The summed E-state index contributed by atoms with van der Waals surface area (Å²) >= 11 is 0. The molecule has 106 valence electrons. The van der Waals surface area contributed by atoms with E-state index in [1.165, 1.54) is 0 Å². The van der Waals surface area contributed by atoms with Crippen LogP contribution in [-0.2, 0) is 9.59 Å². The molecule has 0 radical (unpaired) electrons. The van der Waals surface area contributed by atoms with Gasteiger partial charge in [0.2, 0.25) is 5.91 Å². The molecule has 1 rings (SSSR count). The van der Waals surface area contributed by atoms with Crippen molar-refractivity contribution in [1.82, 2.24) is 4.90 Å². The maximum absolute atomic E-state index is 12.3. The van der Waals surface area contributed by atoms with Crippen molar-refractivity contribution in [3.8, 4) is 0 Å². The molecule has 0 aliphatic heterocycles. The Morgan fingerprint density at radius 1 is 1.11 bits per heavy atom. The third kappa shape index (κ3) is 4.54. The van der Waals surface area contributed by atoms with Gasteiger partial charge in [0.05, 0.1) is 6.42 Å². The number of nitrogens with zero attached hydrogens (tertiary/aromatic N) is 1. The lowest BCUT2D eigenvalue weighted by atomic mass is 9.79. The predicted octanol–water partition coefficient (Wildman–Crippen LogP) is 2.61. The van der Waals surface area contributed by atoms with E-state index in [1.54, 1.807) is 17.1 Å². The minimum atomic E-state index is -0.811. The van der Waals surface area contributed by atoms with Gasteiger partial charge in [-0.3, -0.25) is 9.59 Å². The summed E-state index contributed by atoms with van der Waals surface area (Å²) in [6, 6.07) is 0. The van der Waals surface area contributed by atoms with Gasteiger partial charge in [-0.2, -0.15) is 0 Å². The van der Waals surface area contributed by atoms with Crippen LogP contribution in [0, 0.1) is 5.41 Å². The van der Waals surface area contributed by atoms with Crippen LogP contribution in [-0.4, -0.2) is 35.0 Å². The summed E-state index contributed by atoms with van der Waals surface area (Å²) in [6.07, 6.45) is 7.48. The smallest absolute Gasteiger partial charge is 0.303 e. The number of carbonyl (C=O) groups is 2. The molecule has 0 atom stereocenters. The van der Waals surface area contributed by atoms with Crippen molar-refractivity contribution in [2.24, 2.45) is 5.41 Å². The second-order valence-electron chi connectivity index (χ2n) is 5.33. The fourth-order valence-electron chi connectivity index (χ4n) is 2.88. The molecular formula is C15H23NO3. The van der Waals surface area contributed by atoms with Gasteiger partial charge in [-0.1, -0.05) is 25.0 Å². The summed E-state index contributed by atoms with van der Waals surface area (Å²) in [7, 11) is 0. The van der Waals surface area contributed by atoms with Crippen LogP contribution in [0.15, 0.2) is 25.3 Å². The normalized spacial score (nSPS) is 16.8. The highest BCUT2D eigenvalue weighted by atomic mass is 16.4. The SMILES string of the molecule is C=CCN(CC=C)C(=O)CC1(CC(=O)O)CCCC1. The Hall–Kier alpha value is -1.58. The number of carboxylic acids is 1. The Labute approximate surface area is 114 Å². The molecule has 0 aromatic heterocycles. The van der Waals surface area contributed by atoms with Gasteiger partial charge >= 0.3 is 5.97 Å². The van der Waals surface area contributed by atoms with Gasteiger partial charge in [0, 0.05) is 19.5 Å². The van der Waals surface area contributed by atoms with E-state index in [4.69, 9.17) is 5.11 Å². The molecule has 0 unspecified atom stereocenters. The van der Waals surface area contributed by atoms with Crippen molar-refractivity contribution in [3.63, 3.8) is 0 Å². The van der Waals surface area contributed by atoms with Crippen molar-refractivity contribution in [3.05, 3.63) is 25.3 Å². The van der Waals surface area contributed by atoms with Gasteiger partial charge in [0.25, 0.3) is 0 Å². The lowest BCUT2D eigenvalue weighted by Gasteiger charge is -2.29. The van der Waals surface area contributed by atoms with Crippen LogP contribution in [0.3, 0.4) is 0 Å². The number of aliphatic carboxylic acids is 1. The van der Waals surface area contributed by atoms with Crippen molar-refractivity contribution in [1.29, 1.82) is 0 Å². The zero-order valence-corrected chi connectivity index (χ0v) is 11.4. The zero-order chi connectivity index (χ0) is 14.3. The molecule has 4 nitrogen and oxygen atoms in total.